The van der Waals surface area contributed by atoms with Gasteiger partial charge >= 0.3 is 0 Å². The lowest BCUT2D eigenvalue weighted by molar-refractivity contribution is 0.102. The number of aromatic nitrogens is 3. The molecule has 0 aliphatic heterocycles. The van der Waals surface area contributed by atoms with Crippen LogP contribution in [0.3, 0.4) is 0 Å². The van der Waals surface area contributed by atoms with Gasteiger partial charge in [0.15, 0.2) is 0 Å². The number of benzene rings is 3. The zero-order chi connectivity index (χ0) is 22.2. The number of carbonyl (C=O) groups is 1. The Labute approximate surface area is 180 Å². The van der Waals surface area contributed by atoms with Gasteiger partial charge in [-0.05, 0) is 42.0 Å². The van der Waals surface area contributed by atoms with Crippen LogP contribution in [0, 0.1) is 11.6 Å². The van der Waals surface area contributed by atoms with Gasteiger partial charge in [-0.2, -0.15) is 5.10 Å². The fourth-order valence-electron chi connectivity index (χ4n) is 3.68. The van der Waals surface area contributed by atoms with Gasteiger partial charge < -0.3 is 9.88 Å². The van der Waals surface area contributed by atoms with Gasteiger partial charge in [0.1, 0.15) is 17.2 Å². The zero-order valence-electron chi connectivity index (χ0n) is 16.6. The van der Waals surface area contributed by atoms with Crippen molar-refractivity contribution in [2.24, 2.45) is 0 Å². The summed E-state index contributed by atoms with van der Waals surface area (Å²) in [4.78, 5) is 26.0. The molecule has 0 bridgehead atoms. The number of amides is 1. The molecule has 1 N–H and O–H groups in total. The standard InChI is InChI=1S/C24H16F2N4O2/c25-17-7-8-18(26)19(13-17)28-23(31)16-6-9-20-22(12-16)29(14-15-4-2-1-3-5-15)24(32)21-10-11-27-30(20)21/h1-13H,14H2,(H,28,31). The summed E-state index contributed by atoms with van der Waals surface area (Å²) in [6, 6.07) is 18.7. The summed E-state index contributed by atoms with van der Waals surface area (Å²) in [6.07, 6.45) is 1.54. The highest BCUT2D eigenvalue weighted by Crippen LogP contribution is 2.20. The van der Waals surface area contributed by atoms with Crippen LogP contribution in [0.4, 0.5) is 14.5 Å². The minimum absolute atomic E-state index is 0.189. The molecule has 0 fully saturated rings. The molecule has 2 aromatic heterocycles. The molecule has 5 aromatic rings. The van der Waals surface area contributed by atoms with E-state index in [0.29, 0.717) is 23.1 Å². The first-order valence-corrected chi connectivity index (χ1v) is 9.82. The SMILES string of the molecule is O=C(Nc1cc(F)ccc1F)c1ccc2c(c1)n(Cc1ccccc1)c(=O)c1ccnn12. The van der Waals surface area contributed by atoms with Crippen molar-refractivity contribution in [1.82, 2.24) is 14.2 Å². The van der Waals surface area contributed by atoms with Crippen molar-refractivity contribution in [1.29, 1.82) is 0 Å². The van der Waals surface area contributed by atoms with Crippen molar-refractivity contribution in [3.8, 4) is 0 Å². The van der Waals surface area contributed by atoms with Crippen molar-refractivity contribution < 1.29 is 13.6 Å². The number of nitrogens with one attached hydrogen (secondary N) is 1. The quantitative estimate of drug-likeness (QED) is 0.464. The second-order valence-corrected chi connectivity index (χ2v) is 7.29. The predicted octanol–water partition coefficient (Wildman–Crippen LogP) is 4.23. The number of halogens is 2. The molecule has 3 aromatic carbocycles. The highest BCUT2D eigenvalue weighted by molar-refractivity contribution is 6.06. The number of hydrogen-bond donors (Lipinski definition) is 1. The molecule has 0 unspecified atom stereocenters. The molecular formula is C24H16F2N4O2. The lowest BCUT2D eigenvalue weighted by atomic mass is 10.1. The molecule has 0 aliphatic rings. The zero-order valence-corrected chi connectivity index (χ0v) is 16.6. The van der Waals surface area contributed by atoms with E-state index in [-0.39, 0.29) is 16.8 Å². The van der Waals surface area contributed by atoms with Gasteiger partial charge in [0.25, 0.3) is 11.5 Å². The smallest absolute Gasteiger partial charge is 0.277 e. The summed E-state index contributed by atoms with van der Waals surface area (Å²) in [5.74, 6) is -2.05. The molecule has 0 radical (unpaired) electrons. The second-order valence-electron chi connectivity index (χ2n) is 7.29. The molecule has 1 amide bonds. The first kappa shape index (κ1) is 19.6. The molecule has 0 spiro atoms. The summed E-state index contributed by atoms with van der Waals surface area (Å²) in [6.45, 7) is 0.293. The lowest BCUT2D eigenvalue weighted by Crippen LogP contribution is -2.24. The third-order valence-electron chi connectivity index (χ3n) is 5.22. The molecule has 0 saturated heterocycles. The fourth-order valence-corrected chi connectivity index (χ4v) is 3.68. The van der Waals surface area contributed by atoms with E-state index >= 15 is 0 Å². The minimum Gasteiger partial charge on any atom is -0.319 e. The topological polar surface area (TPSA) is 68.4 Å². The van der Waals surface area contributed by atoms with Crippen LogP contribution in [-0.4, -0.2) is 20.1 Å². The first-order valence-electron chi connectivity index (χ1n) is 9.82. The van der Waals surface area contributed by atoms with Gasteiger partial charge in [-0.3, -0.25) is 9.59 Å². The van der Waals surface area contributed by atoms with Crippen LogP contribution < -0.4 is 10.9 Å². The maximum absolute atomic E-state index is 14.0. The normalized spacial score (nSPS) is 11.2. The Morgan fingerprint density at radius 3 is 2.53 bits per heavy atom. The monoisotopic (exact) mass is 430 g/mol. The average Bonchev–Trinajstić information content (AvgIpc) is 3.30. The Morgan fingerprint density at radius 1 is 0.906 bits per heavy atom. The van der Waals surface area contributed by atoms with E-state index in [4.69, 9.17) is 0 Å². The summed E-state index contributed by atoms with van der Waals surface area (Å²) >= 11 is 0. The van der Waals surface area contributed by atoms with E-state index in [1.165, 1.54) is 10.7 Å². The van der Waals surface area contributed by atoms with Gasteiger partial charge in [0, 0.05) is 11.6 Å². The largest absolute Gasteiger partial charge is 0.319 e. The summed E-state index contributed by atoms with van der Waals surface area (Å²) in [7, 11) is 0. The van der Waals surface area contributed by atoms with Crippen molar-refractivity contribution in [2.75, 3.05) is 5.32 Å². The first-order chi connectivity index (χ1) is 15.5. The molecule has 8 heteroatoms. The van der Waals surface area contributed by atoms with Crippen molar-refractivity contribution in [3.05, 3.63) is 112 Å². The molecule has 32 heavy (non-hydrogen) atoms. The highest BCUT2D eigenvalue weighted by atomic mass is 19.1. The highest BCUT2D eigenvalue weighted by Gasteiger charge is 2.16. The van der Waals surface area contributed by atoms with Crippen LogP contribution in [0.15, 0.2) is 83.8 Å². The molecule has 6 nitrogen and oxygen atoms in total. The third-order valence-corrected chi connectivity index (χ3v) is 5.22. The van der Waals surface area contributed by atoms with Gasteiger partial charge in [-0.15, -0.1) is 0 Å². The Balaban J connectivity index is 1.64. The van der Waals surface area contributed by atoms with Crippen LogP contribution in [0.5, 0.6) is 0 Å². The van der Waals surface area contributed by atoms with Crippen molar-refractivity contribution in [3.63, 3.8) is 0 Å². The van der Waals surface area contributed by atoms with Gasteiger partial charge in [-0.1, -0.05) is 30.3 Å². The maximum Gasteiger partial charge on any atom is 0.277 e. The molecule has 5 rings (SSSR count). The van der Waals surface area contributed by atoms with Crippen LogP contribution in [0.1, 0.15) is 15.9 Å². The fraction of sp³-hybridized carbons (Fsp3) is 0.0417. The van der Waals surface area contributed by atoms with Gasteiger partial charge in [0.05, 0.1) is 29.5 Å². The number of nitrogens with zero attached hydrogens (tertiary/aromatic N) is 3. The van der Waals surface area contributed by atoms with E-state index in [0.717, 1.165) is 23.8 Å². The van der Waals surface area contributed by atoms with Gasteiger partial charge in [-0.25, -0.2) is 13.3 Å². The van der Waals surface area contributed by atoms with E-state index in [9.17, 15) is 18.4 Å². The number of fused-ring (bicyclic) bond motifs is 3. The second kappa shape index (κ2) is 7.73. The van der Waals surface area contributed by atoms with Crippen molar-refractivity contribution >= 4 is 28.1 Å². The number of rotatable bonds is 4. The molecule has 0 aliphatic carbocycles. The summed E-state index contributed by atoms with van der Waals surface area (Å²) in [5.41, 5.74) is 2.11. The molecule has 0 saturated carbocycles. The Hall–Kier alpha value is -4.33. The van der Waals surface area contributed by atoms with E-state index in [2.05, 4.69) is 10.4 Å². The van der Waals surface area contributed by atoms with Crippen LogP contribution in [0.2, 0.25) is 0 Å². The van der Waals surface area contributed by atoms with E-state index in [1.807, 2.05) is 30.3 Å². The third kappa shape index (κ3) is 3.41. The van der Waals surface area contributed by atoms with Crippen LogP contribution >= 0.6 is 0 Å². The van der Waals surface area contributed by atoms with Crippen molar-refractivity contribution in [2.45, 2.75) is 6.54 Å². The van der Waals surface area contributed by atoms with Crippen LogP contribution in [-0.2, 0) is 6.54 Å². The minimum atomic E-state index is -0.750. The van der Waals surface area contributed by atoms with E-state index < -0.39 is 17.5 Å². The molecule has 2 heterocycles. The molecule has 0 atom stereocenters. The Bertz CT molecular complexity index is 1540. The van der Waals surface area contributed by atoms with Crippen LogP contribution in [0.25, 0.3) is 16.6 Å². The lowest BCUT2D eigenvalue weighted by Gasteiger charge is -2.14. The Morgan fingerprint density at radius 2 is 1.72 bits per heavy atom. The number of carbonyl (C=O) groups excluding carboxylic acids is 1. The number of anilines is 1. The van der Waals surface area contributed by atoms with E-state index in [1.54, 1.807) is 28.8 Å². The summed E-state index contributed by atoms with van der Waals surface area (Å²) in [5, 5.41) is 6.62. The molecule has 158 valence electrons. The summed E-state index contributed by atoms with van der Waals surface area (Å²) < 4.78 is 30.5. The predicted molar refractivity (Wildman–Crippen MR) is 117 cm³/mol. The average molecular weight is 430 g/mol. The maximum atomic E-state index is 14.0. The molecular weight excluding hydrogens is 414 g/mol. The van der Waals surface area contributed by atoms with Gasteiger partial charge in [0.2, 0.25) is 0 Å². The Kier molecular flexibility index (Phi) is 4.74. The number of hydrogen-bond acceptors (Lipinski definition) is 3.